The van der Waals surface area contributed by atoms with Crippen LogP contribution in [0.15, 0.2) is 58.0 Å². The minimum absolute atomic E-state index is 0.00837. The normalized spacial score (nSPS) is 40.0. The molecule has 4 heterocycles. The van der Waals surface area contributed by atoms with Crippen LogP contribution in [0.3, 0.4) is 0 Å². The third kappa shape index (κ3) is 4.37. The maximum Gasteiger partial charge on any atom is 0.335 e. The van der Waals surface area contributed by atoms with Crippen molar-refractivity contribution >= 4 is 23.9 Å². The number of cyclic esters (lactones) is 1. The van der Waals surface area contributed by atoms with E-state index in [0.717, 1.165) is 0 Å². The van der Waals surface area contributed by atoms with Crippen molar-refractivity contribution in [2.45, 2.75) is 97.4 Å². The summed E-state index contributed by atoms with van der Waals surface area (Å²) in [6, 6.07) is 1.76. The fourth-order valence-corrected chi connectivity index (χ4v) is 9.31. The number of furan rings is 1. The molecule has 0 spiro atoms. The van der Waals surface area contributed by atoms with E-state index in [9.17, 15) is 24.3 Å². The number of carbonyl (C=O) groups is 4. The van der Waals surface area contributed by atoms with Gasteiger partial charge < -0.3 is 33.2 Å². The van der Waals surface area contributed by atoms with Crippen LogP contribution in [-0.2, 0) is 42.9 Å². The molecule has 1 N–H and O–H groups in total. The molecule has 10 atom stereocenters. The summed E-state index contributed by atoms with van der Waals surface area (Å²) in [5.41, 5.74) is -0.424. The molecule has 11 heteroatoms. The number of methoxy groups -OCH3 is 1. The first-order chi connectivity index (χ1) is 21.7. The second-order valence-corrected chi connectivity index (χ2v) is 14.0. The van der Waals surface area contributed by atoms with Gasteiger partial charge in [0.15, 0.2) is 12.2 Å². The van der Waals surface area contributed by atoms with Gasteiger partial charge in [-0.05, 0) is 62.3 Å². The quantitative estimate of drug-likeness (QED) is 0.253. The summed E-state index contributed by atoms with van der Waals surface area (Å²) in [7, 11) is 1.21. The number of carbonyl (C=O) groups excluding carboxylic acids is 4. The SMILES string of the molecule is C/C=C(\C)C(=O)O[C@@H]1[C@]2(OC(=O)CC)C=C3C4=CC(=O)O[C@@H](c5ccoc5)[C@]4(C)CC[C@@H]3[C@@]3(C)[C@H](C[C@]1(C)[C@H]3[C@@H](O)C(=O)OC)O2. The van der Waals surface area contributed by atoms with Crippen molar-refractivity contribution < 1.29 is 52.4 Å². The van der Waals surface area contributed by atoms with Crippen molar-refractivity contribution in [2.24, 2.45) is 28.1 Å². The molecule has 2 aliphatic carbocycles. The largest absolute Gasteiger partial charge is 0.472 e. The topological polar surface area (TPSA) is 148 Å². The average molecular weight is 639 g/mol. The standard InChI is InChI=1S/C35H42O11/c1-8-18(3)29(39)44-31-33(5)16-23-34(6,27(33)26(38)30(40)41-7)21-10-12-32(4)22(14-25(37)43-28(32)19-11-13-42-17-19)20(21)15-35(31,45-23)46-24(36)9-2/h8,11,13-15,17,21,23,26-28,31,38H,9-10,12,16H2,1-7H3/b18-8+/t21-,23-,26+,27+,28-,31-,32+,33+,34-,35+/m0/s1. The minimum Gasteiger partial charge on any atom is -0.472 e. The number of allylic oxidation sites excluding steroid dienone is 2. The first kappa shape index (κ1) is 32.2. The molecule has 1 aromatic heterocycles. The summed E-state index contributed by atoms with van der Waals surface area (Å²) in [6.45, 7) is 10.8. The second kappa shape index (κ2) is 10.9. The van der Waals surface area contributed by atoms with Gasteiger partial charge in [-0.15, -0.1) is 0 Å². The summed E-state index contributed by atoms with van der Waals surface area (Å²) in [4.78, 5) is 53.2. The summed E-state index contributed by atoms with van der Waals surface area (Å²) < 4.78 is 35.6. The summed E-state index contributed by atoms with van der Waals surface area (Å²) in [5.74, 6) is -5.77. The predicted octanol–water partition coefficient (Wildman–Crippen LogP) is 4.65. The van der Waals surface area contributed by atoms with Gasteiger partial charge in [0.25, 0.3) is 5.79 Å². The third-order valence-corrected chi connectivity index (χ3v) is 11.6. The summed E-state index contributed by atoms with van der Waals surface area (Å²) in [5, 5.41) is 11.8. The van der Waals surface area contributed by atoms with Crippen LogP contribution < -0.4 is 0 Å². The first-order valence-corrected chi connectivity index (χ1v) is 15.9. The highest BCUT2D eigenvalue weighted by atomic mass is 16.7. The Balaban J connectivity index is 1.64. The van der Waals surface area contributed by atoms with E-state index in [1.54, 1.807) is 45.3 Å². The molecule has 2 saturated carbocycles. The highest BCUT2D eigenvalue weighted by Crippen LogP contribution is 2.73. The Hall–Kier alpha value is -3.70. The monoisotopic (exact) mass is 638 g/mol. The van der Waals surface area contributed by atoms with Gasteiger partial charge >= 0.3 is 23.9 Å². The fraction of sp³-hybridized carbons (Fsp3) is 0.600. The van der Waals surface area contributed by atoms with Crippen LogP contribution in [0, 0.1) is 28.1 Å². The van der Waals surface area contributed by atoms with Crippen LogP contribution in [0.1, 0.15) is 78.9 Å². The number of fused-ring (bicyclic) bond motifs is 6. The molecule has 3 fully saturated rings. The minimum atomic E-state index is -1.93. The summed E-state index contributed by atoms with van der Waals surface area (Å²) in [6.07, 6.45) is 5.16. The van der Waals surface area contributed by atoms with Gasteiger partial charge in [-0.2, -0.15) is 0 Å². The molecule has 1 aromatic rings. The molecule has 0 aromatic carbocycles. The zero-order valence-corrected chi connectivity index (χ0v) is 27.3. The maximum atomic E-state index is 13.5. The van der Waals surface area contributed by atoms with E-state index in [2.05, 4.69) is 0 Å². The number of hydrogen-bond donors (Lipinski definition) is 1. The van der Waals surface area contributed by atoms with Gasteiger partial charge in [-0.3, -0.25) is 4.79 Å². The Morgan fingerprint density at radius 2 is 1.96 bits per heavy atom. The van der Waals surface area contributed by atoms with Gasteiger partial charge in [0, 0.05) is 45.8 Å². The highest BCUT2D eigenvalue weighted by molar-refractivity contribution is 5.88. The van der Waals surface area contributed by atoms with Gasteiger partial charge in [0.2, 0.25) is 0 Å². The molecule has 5 aliphatic rings. The van der Waals surface area contributed by atoms with Crippen LogP contribution in [0.4, 0.5) is 0 Å². The molecule has 0 radical (unpaired) electrons. The summed E-state index contributed by atoms with van der Waals surface area (Å²) >= 11 is 0. The van der Waals surface area contributed by atoms with Crippen molar-refractivity contribution in [1.29, 1.82) is 0 Å². The zero-order chi connectivity index (χ0) is 33.4. The van der Waals surface area contributed by atoms with Crippen molar-refractivity contribution in [1.82, 2.24) is 0 Å². The lowest BCUT2D eigenvalue weighted by atomic mass is 9.51. The number of hydrogen-bond acceptors (Lipinski definition) is 11. The van der Waals surface area contributed by atoms with Crippen molar-refractivity contribution in [2.75, 3.05) is 7.11 Å². The number of aliphatic hydroxyl groups excluding tert-OH is 1. The number of ether oxygens (including phenoxy) is 5. The lowest BCUT2D eigenvalue weighted by Gasteiger charge is -2.55. The number of rotatable bonds is 7. The average Bonchev–Trinajstić information content (AvgIpc) is 3.60. The Morgan fingerprint density at radius 1 is 1.22 bits per heavy atom. The second-order valence-electron chi connectivity index (χ2n) is 14.0. The van der Waals surface area contributed by atoms with Crippen LogP contribution in [0.25, 0.3) is 0 Å². The Kier molecular flexibility index (Phi) is 7.67. The van der Waals surface area contributed by atoms with Gasteiger partial charge in [-0.25, -0.2) is 14.4 Å². The fourth-order valence-electron chi connectivity index (χ4n) is 9.31. The van der Waals surface area contributed by atoms with E-state index >= 15 is 0 Å². The molecule has 6 rings (SSSR count). The Morgan fingerprint density at radius 3 is 2.59 bits per heavy atom. The van der Waals surface area contributed by atoms with Gasteiger partial charge in [-0.1, -0.05) is 33.8 Å². The lowest BCUT2D eigenvalue weighted by molar-refractivity contribution is -0.304. The van der Waals surface area contributed by atoms with Crippen LogP contribution in [-0.4, -0.2) is 60.2 Å². The highest BCUT2D eigenvalue weighted by Gasteiger charge is 2.78. The zero-order valence-electron chi connectivity index (χ0n) is 27.3. The van der Waals surface area contributed by atoms with E-state index in [-0.39, 0.29) is 12.3 Å². The molecule has 11 nitrogen and oxygen atoms in total. The predicted molar refractivity (Wildman–Crippen MR) is 160 cm³/mol. The molecule has 3 bridgehead atoms. The molecule has 0 amide bonds. The van der Waals surface area contributed by atoms with Crippen molar-refractivity contribution in [3.05, 3.63) is 59.1 Å². The van der Waals surface area contributed by atoms with Crippen molar-refractivity contribution in [3.8, 4) is 0 Å². The van der Waals surface area contributed by atoms with E-state index < -0.39 is 76.2 Å². The number of esters is 4. The lowest BCUT2D eigenvalue weighted by Crippen LogP contribution is -2.62. The van der Waals surface area contributed by atoms with Gasteiger partial charge in [0.1, 0.15) is 6.10 Å². The van der Waals surface area contributed by atoms with E-state index in [4.69, 9.17) is 28.1 Å². The van der Waals surface area contributed by atoms with E-state index in [1.807, 2.05) is 20.8 Å². The first-order valence-electron chi connectivity index (χ1n) is 15.9. The maximum absolute atomic E-state index is 13.5. The van der Waals surface area contributed by atoms with Crippen molar-refractivity contribution in [3.63, 3.8) is 0 Å². The Bertz CT molecular complexity index is 1550. The molecule has 0 unspecified atom stereocenters. The van der Waals surface area contributed by atoms with Gasteiger partial charge in [0.05, 0.1) is 25.7 Å². The van der Waals surface area contributed by atoms with Crippen LogP contribution in [0.5, 0.6) is 0 Å². The molecule has 3 aliphatic heterocycles. The van der Waals surface area contributed by atoms with Crippen LogP contribution >= 0.6 is 0 Å². The molecule has 1 saturated heterocycles. The van der Waals surface area contributed by atoms with E-state index in [1.165, 1.54) is 19.4 Å². The third-order valence-electron chi connectivity index (χ3n) is 11.6. The molecule has 46 heavy (non-hydrogen) atoms. The smallest absolute Gasteiger partial charge is 0.335 e. The molecular weight excluding hydrogens is 596 g/mol. The van der Waals surface area contributed by atoms with Crippen LogP contribution in [0.2, 0.25) is 0 Å². The molecular formula is C35H42O11. The van der Waals surface area contributed by atoms with E-state index in [0.29, 0.717) is 41.5 Å². The number of aliphatic hydroxyl groups is 1. The molecule has 248 valence electrons. The Labute approximate surface area is 267 Å².